The van der Waals surface area contributed by atoms with Gasteiger partial charge in [-0.1, -0.05) is 0 Å². The van der Waals surface area contributed by atoms with Crippen molar-refractivity contribution in [3.05, 3.63) is 29.1 Å². The van der Waals surface area contributed by atoms with Crippen LogP contribution in [0.1, 0.15) is 29.8 Å². The first-order valence-electron chi connectivity index (χ1n) is 9.13. The molecule has 5 nitrogen and oxygen atoms in total. The molecule has 25 heavy (non-hydrogen) atoms. The van der Waals surface area contributed by atoms with Gasteiger partial charge in [0.15, 0.2) is 0 Å². The molecule has 0 spiro atoms. The lowest BCUT2D eigenvalue weighted by Crippen LogP contribution is -2.38. The Kier molecular flexibility index (Phi) is 4.75. The smallest absolute Gasteiger partial charge is 0.140 e. The van der Waals surface area contributed by atoms with E-state index < -0.39 is 6.17 Å². The molecular formula is C19H26FN3O2. The van der Waals surface area contributed by atoms with E-state index in [0.29, 0.717) is 25.7 Å². The number of rotatable bonds is 4. The number of likely N-dealkylation sites (tertiary alicyclic amines) is 1. The SMILES string of the molecule is Cc1cc2nc(CO[C@H]3CN(C4CCOCC4)C[C@H]3F)[nH]c2cc1C. The third-order valence-corrected chi connectivity index (χ3v) is 5.51. The average Bonchev–Trinajstić information content (AvgIpc) is 3.17. The van der Waals surface area contributed by atoms with E-state index in [4.69, 9.17) is 9.47 Å². The number of H-pyrrole nitrogens is 1. The van der Waals surface area contributed by atoms with Gasteiger partial charge in [0.05, 0.1) is 11.0 Å². The van der Waals surface area contributed by atoms with E-state index in [1.54, 1.807) is 0 Å². The fourth-order valence-electron chi connectivity index (χ4n) is 3.84. The third-order valence-electron chi connectivity index (χ3n) is 5.51. The molecule has 0 saturated carbocycles. The number of aromatic amines is 1. The number of imidazole rings is 1. The molecule has 2 saturated heterocycles. The Labute approximate surface area is 147 Å². The quantitative estimate of drug-likeness (QED) is 0.924. The van der Waals surface area contributed by atoms with E-state index >= 15 is 0 Å². The predicted molar refractivity (Wildman–Crippen MR) is 94.5 cm³/mol. The van der Waals surface area contributed by atoms with Crippen LogP contribution in [-0.2, 0) is 16.1 Å². The number of halogens is 1. The van der Waals surface area contributed by atoms with Crippen LogP contribution in [0.2, 0.25) is 0 Å². The van der Waals surface area contributed by atoms with Gasteiger partial charge in [-0.25, -0.2) is 9.37 Å². The molecule has 0 unspecified atom stereocenters. The lowest BCUT2D eigenvalue weighted by molar-refractivity contribution is 0.00313. The normalized spacial score (nSPS) is 25.9. The standard InChI is InChI=1S/C19H26FN3O2/c1-12-7-16-17(8-13(12)2)22-19(21-16)11-25-18-10-23(9-15(18)20)14-3-5-24-6-4-14/h7-8,14-15,18H,3-6,9-11H2,1-2H3,(H,21,22)/t15-,18+/m1/s1. The van der Waals surface area contributed by atoms with Crippen molar-refractivity contribution in [3.8, 4) is 0 Å². The molecular weight excluding hydrogens is 321 g/mol. The number of hydrogen-bond donors (Lipinski definition) is 1. The summed E-state index contributed by atoms with van der Waals surface area (Å²) in [7, 11) is 0. The number of ether oxygens (including phenoxy) is 2. The first kappa shape index (κ1) is 16.9. The molecule has 2 atom stereocenters. The highest BCUT2D eigenvalue weighted by atomic mass is 19.1. The summed E-state index contributed by atoms with van der Waals surface area (Å²) in [5, 5.41) is 0. The van der Waals surface area contributed by atoms with Gasteiger partial charge in [0.25, 0.3) is 0 Å². The molecule has 0 radical (unpaired) electrons. The average molecular weight is 347 g/mol. The fourth-order valence-corrected chi connectivity index (χ4v) is 3.84. The highest BCUT2D eigenvalue weighted by Gasteiger charge is 2.37. The number of hydrogen-bond acceptors (Lipinski definition) is 4. The molecule has 4 rings (SSSR count). The molecule has 1 aromatic carbocycles. The van der Waals surface area contributed by atoms with Crippen molar-refractivity contribution in [1.82, 2.24) is 14.9 Å². The highest BCUT2D eigenvalue weighted by Crippen LogP contribution is 2.25. The number of nitrogens with one attached hydrogen (secondary N) is 1. The maximum atomic E-state index is 14.4. The summed E-state index contributed by atoms with van der Waals surface area (Å²) >= 11 is 0. The molecule has 136 valence electrons. The van der Waals surface area contributed by atoms with Gasteiger partial charge in [0.1, 0.15) is 24.7 Å². The maximum Gasteiger partial charge on any atom is 0.140 e. The van der Waals surface area contributed by atoms with E-state index in [1.165, 1.54) is 11.1 Å². The van der Waals surface area contributed by atoms with E-state index in [2.05, 4.69) is 40.8 Å². The third kappa shape index (κ3) is 3.57. The Balaban J connectivity index is 1.37. The minimum atomic E-state index is -0.934. The summed E-state index contributed by atoms with van der Waals surface area (Å²) in [6, 6.07) is 4.60. The Morgan fingerprint density at radius 2 is 2.00 bits per heavy atom. The van der Waals surface area contributed by atoms with Gasteiger partial charge in [-0.05, 0) is 49.9 Å². The molecule has 2 fully saturated rings. The minimum Gasteiger partial charge on any atom is -0.381 e. The first-order chi connectivity index (χ1) is 12.1. The van der Waals surface area contributed by atoms with Crippen molar-refractivity contribution in [2.75, 3.05) is 26.3 Å². The lowest BCUT2D eigenvalue weighted by atomic mass is 10.1. The summed E-state index contributed by atoms with van der Waals surface area (Å²) in [5.41, 5.74) is 4.40. The van der Waals surface area contributed by atoms with Crippen LogP contribution in [0.25, 0.3) is 11.0 Å². The van der Waals surface area contributed by atoms with Crippen LogP contribution in [0.4, 0.5) is 4.39 Å². The number of aromatic nitrogens is 2. The van der Waals surface area contributed by atoms with Crippen molar-refractivity contribution in [2.24, 2.45) is 0 Å². The van der Waals surface area contributed by atoms with Crippen molar-refractivity contribution >= 4 is 11.0 Å². The van der Waals surface area contributed by atoms with Crippen LogP contribution in [0.15, 0.2) is 12.1 Å². The zero-order valence-electron chi connectivity index (χ0n) is 14.9. The van der Waals surface area contributed by atoms with Gasteiger partial charge in [0, 0.05) is 32.3 Å². The van der Waals surface area contributed by atoms with Crippen LogP contribution < -0.4 is 0 Å². The molecule has 6 heteroatoms. The largest absolute Gasteiger partial charge is 0.381 e. The second-order valence-corrected chi connectivity index (χ2v) is 7.30. The van der Waals surface area contributed by atoms with Gasteiger partial charge >= 0.3 is 0 Å². The number of fused-ring (bicyclic) bond motifs is 1. The van der Waals surface area contributed by atoms with E-state index in [1.807, 2.05) is 0 Å². The summed E-state index contributed by atoms with van der Waals surface area (Å²) in [4.78, 5) is 10.1. The molecule has 0 amide bonds. The zero-order valence-corrected chi connectivity index (χ0v) is 14.9. The van der Waals surface area contributed by atoms with Crippen molar-refractivity contribution in [1.29, 1.82) is 0 Å². The van der Waals surface area contributed by atoms with Crippen LogP contribution in [0.5, 0.6) is 0 Å². The number of alkyl halides is 1. The Morgan fingerprint density at radius 1 is 1.24 bits per heavy atom. The molecule has 1 aromatic heterocycles. The van der Waals surface area contributed by atoms with E-state index in [-0.39, 0.29) is 6.10 Å². The lowest BCUT2D eigenvalue weighted by Gasteiger charge is -2.30. The number of benzene rings is 1. The monoisotopic (exact) mass is 347 g/mol. The molecule has 0 aliphatic carbocycles. The summed E-state index contributed by atoms with van der Waals surface area (Å²) in [6.07, 6.45) is 0.667. The Morgan fingerprint density at radius 3 is 2.80 bits per heavy atom. The van der Waals surface area contributed by atoms with Gasteiger partial charge in [0.2, 0.25) is 0 Å². The van der Waals surface area contributed by atoms with Crippen LogP contribution in [0, 0.1) is 13.8 Å². The van der Waals surface area contributed by atoms with Gasteiger partial charge < -0.3 is 14.5 Å². The van der Waals surface area contributed by atoms with Crippen LogP contribution in [-0.4, -0.2) is 59.5 Å². The maximum absolute atomic E-state index is 14.4. The van der Waals surface area contributed by atoms with Gasteiger partial charge in [-0.15, -0.1) is 0 Å². The van der Waals surface area contributed by atoms with Gasteiger partial charge in [-0.2, -0.15) is 0 Å². The Bertz CT molecular complexity index is 703. The number of nitrogens with zero attached hydrogens (tertiary/aromatic N) is 2. The second-order valence-electron chi connectivity index (χ2n) is 7.30. The molecule has 2 aromatic rings. The van der Waals surface area contributed by atoms with Crippen molar-refractivity contribution < 1.29 is 13.9 Å². The predicted octanol–water partition coefficient (Wildman–Crippen LogP) is 2.90. The molecule has 3 heterocycles. The summed E-state index contributed by atoms with van der Waals surface area (Å²) < 4.78 is 25.6. The molecule has 2 aliphatic heterocycles. The summed E-state index contributed by atoms with van der Waals surface area (Å²) in [6.45, 7) is 7.17. The molecule has 0 bridgehead atoms. The van der Waals surface area contributed by atoms with Crippen molar-refractivity contribution in [2.45, 2.75) is 51.6 Å². The van der Waals surface area contributed by atoms with Gasteiger partial charge in [-0.3, -0.25) is 4.90 Å². The van der Waals surface area contributed by atoms with E-state index in [9.17, 15) is 4.39 Å². The number of aryl methyl sites for hydroxylation is 2. The summed E-state index contributed by atoms with van der Waals surface area (Å²) in [5.74, 6) is 0.761. The van der Waals surface area contributed by atoms with Crippen LogP contribution in [0.3, 0.4) is 0 Å². The Hall–Kier alpha value is -1.50. The molecule has 2 aliphatic rings. The first-order valence-corrected chi connectivity index (χ1v) is 9.13. The molecule has 1 N–H and O–H groups in total. The zero-order chi connectivity index (χ0) is 17.4. The van der Waals surface area contributed by atoms with Crippen LogP contribution >= 0.6 is 0 Å². The fraction of sp³-hybridized carbons (Fsp3) is 0.632. The van der Waals surface area contributed by atoms with Crippen molar-refractivity contribution in [3.63, 3.8) is 0 Å². The topological polar surface area (TPSA) is 50.4 Å². The minimum absolute atomic E-state index is 0.319. The second kappa shape index (κ2) is 7.02. The van der Waals surface area contributed by atoms with E-state index in [0.717, 1.165) is 42.9 Å². The highest BCUT2D eigenvalue weighted by molar-refractivity contribution is 5.77.